The zero-order valence-electron chi connectivity index (χ0n) is 6.62. The van der Waals surface area contributed by atoms with Gasteiger partial charge >= 0.3 is 0 Å². The van der Waals surface area contributed by atoms with E-state index in [2.05, 4.69) is 0 Å². The fourth-order valence-electron chi connectivity index (χ4n) is 0.398. The van der Waals surface area contributed by atoms with Gasteiger partial charge < -0.3 is 14.4 Å². The number of methoxy groups -OCH3 is 2. The second-order valence-corrected chi connectivity index (χ2v) is 2.94. The summed E-state index contributed by atoms with van der Waals surface area (Å²) in [5.41, 5.74) is 0. The molecule has 5 heteroatoms. The Kier molecular flexibility index (Phi) is 4.32. The maximum atomic E-state index is 8.83. The van der Waals surface area contributed by atoms with Crippen molar-refractivity contribution in [2.75, 3.05) is 20.9 Å². The third kappa shape index (κ3) is 3.44. The van der Waals surface area contributed by atoms with Crippen molar-refractivity contribution in [1.82, 2.24) is 0 Å². The molecule has 1 unspecified atom stereocenters. The molecule has 0 amide bonds. The highest BCUT2D eigenvalue weighted by atomic mass is 31.2. The van der Waals surface area contributed by atoms with E-state index in [9.17, 15) is 0 Å². The Bertz CT molecular complexity index is 91.6. The van der Waals surface area contributed by atoms with Gasteiger partial charge in [0.25, 0.3) is 5.97 Å². The molecule has 0 saturated carbocycles. The van der Waals surface area contributed by atoms with Crippen LogP contribution in [0.1, 0.15) is 6.92 Å². The van der Waals surface area contributed by atoms with E-state index in [4.69, 9.17) is 18.9 Å². The van der Waals surface area contributed by atoms with Crippen LogP contribution in [0.4, 0.5) is 0 Å². The molecule has 0 aliphatic heterocycles. The van der Waals surface area contributed by atoms with Gasteiger partial charge in [-0.25, -0.2) is 0 Å². The molecule has 1 N–H and O–H groups in total. The van der Waals surface area contributed by atoms with Crippen LogP contribution in [-0.4, -0.2) is 31.8 Å². The highest BCUT2D eigenvalue weighted by Crippen LogP contribution is 2.33. The third-order valence-electron chi connectivity index (χ3n) is 1.04. The normalized spacial score (nSPS) is 15.3. The molecule has 0 aromatic rings. The summed E-state index contributed by atoms with van der Waals surface area (Å²) in [7, 11) is 1.44. The molecule has 0 aromatic carbocycles. The zero-order valence-corrected chi connectivity index (χ0v) is 7.51. The van der Waals surface area contributed by atoms with Crippen molar-refractivity contribution in [2.45, 2.75) is 12.9 Å². The van der Waals surface area contributed by atoms with Gasteiger partial charge in [0.2, 0.25) is 0 Å². The van der Waals surface area contributed by atoms with Gasteiger partial charge in [-0.3, -0.25) is 4.52 Å². The van der Waals surface area contributed by atoms with Gasteiger partial charge in [0.1, 0.15) is 0 Å². The van der Waals surface area contributed by atoms with E-state index in [0.717, 1.165) is 0 Å². The summed E-state index contributed by atoms with van der Waals surface area (Å²) >= 11 is 0. The topological polar surface area (TPSA) is 47.9 Å². The Morgan fingerprint density at radius 1 is 1.30 bits per heavy atom. The second-order valence-electron chi connectivity index (χ2n) is 1.83. The fourth-order valence-corrected chi connectivity index (χ4v) is 1.03. The lowest BCUT2D eigenvalue weighted by Crippen LogP contribution is -2.31. The van der Waals surface area contributed by atoms with Gasteiger partial charge in [0.05, 0.1) is 0 Å². The van der Waals surface area contributed by atoms with E-state index in [1.807, 2.05) is 0 Å². The Labute approximate surface area is 62.0 Å². The van der Waals surface area contributed by atoms with Crippen molar-refractivity contribution in [1.29, 1.82) is 0 Å². The first-order valence-corrected chi connectivity index (χ1v) is 4.42. The molecular weight excluding hydrogens is 155 g/mol. The van der Waals surface area contributed by atoms with Gasteiger partial charge in [-0.2, -0.15) is 0 Å². The lowest BCUT2D eigenvalue weighted by atomic mass is 10.7. The predicted molar refractivity (Wildman–Crippen MR) is 38.6 cm³/mol. The lowest BCUT2D eigenvalue weighted by Gasteiger charge is -2.26. The summed E-state index contributed by atoms with van der Waals surface area (Å²) < 4.78 is 14.5. The number of hydrogen-bond acceptors (Lipinski definition) is 4. The van der Waals surface area contributed by atoms with Crippen LogP contribution in [0.15, 0.2) is 0 Å². The molecular formula is C5H13O4P. The van der Waals surface area contributed by atoms with Gasteiger partial charge in [-0.1, -0.05) is 0 Å². The van der Waals surface area contributed by atoms with Crippen LogP contribution in [-0.2, 0) is 14.0 Å². The molecule has 4 nitrogen and oxygen atoms in total. The first kappa shape index (κ1) is 10.3. The summed E-state index contributed by atoms with van der Waals surface area (Å²) in [6.07, 6.45) is 0. The van der Waals surface area contributed by atoms with Crippen LogP contribution in [0, 0.1) is 0 Å². The van der Waals surface area contributed by atoms with Crippen molar-refractivity contribution in [3.63, 3.8) is 0 Å². The van der Waals surface area contributed by atoms with E-state index >= 15 is 0 Å². The molecule has 0 aliphatic rings. The minimum absolute atomic E-state index is 1.12. The third-order valence-corrected chi connectivity index (χ3v) is 1.64. The Morgan fingerprint density at radius 3 is 1.80 bits per heavy atom. The predicted octanol–water partition coefficient (Wildman–Crippen LogP) is 0.903. The van der Waals surface area contributed by atoms with E-state index in [-0.39, 0.29) is 0 Å². The van der Waals surface area contributed by atoms with E-state index < -0.39 is 14.3 Å². The second kappa shape index (κ2) is 4.21. The quantitative estimate of drug-likeness (QED) is 0.500. The molecule has 10 heavy (non-hydrogen) atoms. The van der Waals surface area contributed by atoms with Crippen LogP contribution in [0.5, 0.6) is 0 Å². The van der Waals surface area contributed by atoms with Gasteiger partial charge in [0.15, 0.2) is 8.38 Å². The summed E-state index contributed by atoms with van der Waals surface area (Å²) in [5, 5.41) is 0. The van der Waals surface area contributed by atoms with Crippen LogP contribution in [0.25, 0.3) is 0 Å². The van der Waals surface area contributed by atoms with Gasteiger partial charge in [-0.15, -0.1) is 0 Å². The maximum Gasteiger partial charge on any atom is 0.284 e. The number of rotatable bonds is 4. The van der Waals surface area contributed by atoms with Crippen LogP contribution in [0.3, 0.4) is 0 Å². The zero-order chi connectivity index (χ0) is 8.20. The minimum atomic E-state index is -1.45. The molecule has 0 saturated heterocycles. The smallest absolute Gasteiger partial charge is 0.284 e. The molecule has 0 rings (SSSR count). The highest BCUT2D eigenvalue weighted by molar-refractivity contribution is 7.45. The summed E-state index contributed by atoms with van der Waals surface area (Å²) in [4.78, 5) is 8.83. The van der Waals surface area contributed by atoms with Crippen molar-refractivity contribution >= 4 is 8.38 Å². The molecule has 0 bridgehead atoms. The first-order chi connectivity index (χ1) is 4.54. The molecule has 0 spiro atoms. The van der Waals surface area contributed by atoms with Crippen molar-refractivity contribution in [3.05, 3.63) is 0 Å². The molecule has 0 radical (unpaired) electrons. The minimum Gasteiger partial charge on any atom is -0.350 e. The molecule has 0 heterocycles. The summed E-state index contributed by atoms with van der Waals surface area (Å²) in [5.74, 6) is -1.12. The van der Waals surface area contributed by atoms with Crippen molar-refractivity contribution in [3.8, 4) is 0 Å². The Hall–Kier alpha value is 0.270. The monoisotopic (exact) mass is 168 g/mol. The van der Waals surface area contributed by atoms with Gasteiger partial charge in [0, 0.05) is 27.8 Å². The van der Waals surface area contributed by atoms with Crippen LogP contribution in [0.2, 0.25) is 0 Å². The Balaban J connectivity index is 3.80. The van der Waals surface area contributed by atoms with E-state index in [1.54, 1.807) is 13.6 Å². The van der Waals surface area contributed by atoms with Crippen LogP contribution >= 0.6 is 8.38 Å². The standard InChI is InChI=1S/C5H13O4P/c1-5(7-2,8-3)9-10(4)6/h6H,1-4H3. The van der Waals surface area contributed by atoms with E-state index in [1.165, 1.54) is 14.2 Å². The van der Waals surface area contributed by atoms with Gasteiger partial charge in [-0.05, 0) is 0 Å². The average Bonchev–Trinajstić information content (AvgIpc) is 1.87. The lowest BCUT2D eigenvalue weighted by molar-refractivity contribution is -0.308. The first-order valence-electron chi connectivity index (χ1n) is 2.76. The molecule has 62 valence electrons. The number of hydrogen-bond donors (Lipinski definition) is 1. The molecule has 1 atom stereocenters. The molecule has 0 aliphatic carbocycles. The van der Waals surface area contributed by atoms with Crippen molar-refractivity contribution < 1.29 is 18.9 Å². The van der Waals surface area contributed by atoms with Crippen LogP contribution < -0.4 is 0 Å². The average molecular weight is 168 g/mol. The largest absolute Gasteiger partial charge is 0.350 e. The van der Waals surface area contributed by atoms with E-state index in [0.29, 0.717) is 0 Å². The van der Waals surface area contributed by atoms with Crippen molar-refractivity contribution in [2.24, 2.45) is 0 Å². The Morgan fingerprint density at radius 2 is 1.70 bits per heavy atom. The highest BCUT2D eigenvalue weighted by Gasteiger charge is 2.25. The summed E-state index contributed by atoms with van der Waals surface area (Å²) in [6, 6.07) is 0. The number of ether oxygens (including phenoxy) is 2. The SMILES string of the molecule is COC(C)(OC)OP(C)O. The summed E-state index contributed by atoms with van der Waals surface area (Å²) in [6.45, 7) is 3.13. The molecule has 0 fully saturated rings. The fraction of sp³-hybridized carbons (Fsp3) is 1.00. The maximum absolute atomic E-state index is 8.83. The molecule has 0 aromatic heterocycles.